The first-order valence-corrected chi connectivity index (χ1v) is 6.18. The Hall–Kier alpha value is -1.34. The molecule has 1 amide bonds. The maximum Gasteiger partial charge on any atom is 0.419 e. The quantitative estimate of drug-likeness (QED) is 0.498. The zero-order valence-corrected chi connectivity index (χ0v) is 11.0. The van der Waals surface area contributed by atoms with Gasteiger partial charge in [0, 0.05) is 18.0 Å². The maximum atomic E-state index is 13.0. The van der Waals surface area contributed by atoms with Gasteiger partial charge in [0.15, 0.2) is 0 Å². The molecule has 0 aromatic heterocycles. The van der Waals surface area contributed by atoms with Crippen LogP contribution in [0.5, 0.6) is 0 Å². The van der Waals surface area contributed by atoms with Gasteiger partial charge in [0.05, 0.1) is 18.8 Å². The lowest BCUT2D eigenvalue weighted by Gasteiger charge is -2.10. The van der Waals surface area contributed by atoms with Gasteiger partial charge in [-0.3, -0.25) is 4.79 Å². The normalized spacial score (nSPS) is 11.4. The molecular formula is C12H12ClF4NO2. The average Bonchev–Trinajstić information content (AvgIpc) is 2.37. The first-order valence-electron chi connectivity index (χ1n) is 5.65. The van der Waals surface area contributed by atoms with Crippen molar-refractivity contribution in [2.24, 2.45) is 0 Å². The summed E-state index contributed by atoms with van der Waals surface area (Å²) < 4.78 is 55.5. The lowest BCUT2D eigenvalue weighted by molar-refractivity contribution is -0.140. The Bertz CT molecular complexity index is 465. The van der Waals surface area contributed by atoms with E-state index in [0.29, 0.717) is 24.6 Å². The number of hydrogen-bond donors (Lipinski definition) is 1. The Morgan fingerprint density at radius 3 is 2.60 bits per heavy atom. The molecule has 0 atom stereocenters. The molecule has 0 saturated carbocycles. The molecule has 0 aliphatic carbocycles. The van der Waals surface area contributed by atoms with E-state index in [1.54, 1.807) is 0 Å². The standard InChI is InChI=1S/C12H12ClF4NO2/c13-3-5-20-6-4-18-11(19)8-1-2-10(14)9(7-8)12(15,16)17/h1-2,7H,3-6H2,(H,18,19). The molecule has 1 aromatic carbocycles. The number of amides is 1. The van der Waals surface area contributed by atoms with Gasteiger partial charge in [-0.15, -0.1) is 11.6 Å². The van der Waals surface area contributed by atoms with E-state index in [-0.39, 0.29) is 18.7 Å². The minimum atomic E-state index is -4.84. The smallest absolute Gasteiger partial charge is 0.378 e. The van der Waals surface area contributed by atoms with E-state index < -0.39 is 23.5 Å². The SMILES string of the molecule is O=C(NCCOCCCl)c1ccc(F)c(C(F)(F)F)c1. The van der Waals surface area contributed by atoms with Crippen molar-refractivity contribution < 1.29 is 27.1 Å². The predicted octanol–water partition coefficient (Wildman–Crippen LogP) is 2.83. The van der Waals surface area contributed by atoms with Gasteiger partial charge in [-0.1, -0.05) is 0 Å². The minimum Gasteiger partial charge on any atom is -0.378 e. The Kier molecular flexibility index (Phi) is 6.22. The number of nitrogens with one attached hydrogen (secondary N) is 1. The fourth-order valence-electron chi connectivity index (χ4n) is 1.38. The molecule has 0 unspecified atom stereocenters. The molecule has 1 rings (SSSR count). The van der Waals surface area contributed by atoms with E-state index in [0.717, 1.165) is 6.07 Å². The van der Waals surface area contributed by atoms with Crippen LogP contribution in [0, 0.1) is 5.82 Å². The predicted molar refractivity (Wildman–Crippen MR) is 65.3 cm³/mol. The molecule has 20 heavy (non-hydrogen) atoms. The van der Waals surface area contributed by atoms with E-state index in [9.17, 15) is 22.4 Å². The number of rotatable bonds is 6. The molecule has 112 valence electrons. The summed E-state index contributed by atoms with van der Waals surface area (Å²) in [4.78, 5) is 11.6. The van der Waals surface area contributed by atoms with E-state index in [2.05, 4.69) is 5.32 Å². The minimum absolute atomic E-state index is 0.119. The molecule has 8 heteroatoms. The number of alkyl halides is 4. The summed E-state index contributed by atoms with van der Waals surface area (Å²) in [7, 11) is 0. The van der Waals surface area contributed by atoms with Crippen LogP contribution < -0.4 is 5.32 Å². The third kappa shape index (κ3) is 4.97. The number of carbonyl (C=O) groups excluding carboxylic acids is 1. The van der Waals surface area contributed by atoms with Gasteiger partial charge < -0.3 is 10.1 Å². The van der Waals surface area contributed by atoms with Crippen molar-refractivity contribution in [2.75, 3.05) is 25.6 Å². The van der Waals surface area contributed by atoms with Crippen molar-refractivity contribution in [1.82, 2.24) is 5.32 Å². The molecule has 0 heterocycles. The molecular weight excluding hydrogens is 302 g/mol. The molecule has 1 aromatic rings. The van der Waals surface area contributed by atoms with Crippen molar-refractivity contribution >= 4 is 17.5 Å². The van der Waals surface area contributed by atoms with E-state index in [4.69, 9.17) is 16.3 Å². The van der Waals surface area contributed by atoms with Crippen LogP contribution in [-0.4, -0.2) is 31.5 Å². The first kappa shape index (κ1) is 16.7. The van der Waals surface area contributed by atoms with E-state index in [1.165, 1.54) is 0 Å². The lowest BCUT2D eigenvalue weighted by Crippen LogP contribution is -2.28. The van der Waals surface area contributed by atoms with Crippen LogP contribution in [0.15, 0.2) is 18.2 Å². The highest BCUT2D eigenvalue weighted by Crippen LogP contribution is 2.31. The summed E-state index contributed by atoms with van der Waals surface area (Å²) in [6.07, 6.45) is -4.84. The number of benzene rings is 1. The topological polar surface area (TPSA) is 38.3 Å². The zero-order chi connectivity index (χ0) is 15.2. The monoisotopic (exact) mass is 313 g/mol. The highest BCUT2D eigenvalue weighted by Gasteiger charge is 2.34. The number of hydrogen-bond acceptors (Lipinski definition) is 2. The summed E-state index contributed by atoms with van der Waals surface area (Å²) in [5.41, 5.74) is -1.74. The summed E-state index contributed by atoms with van der Waals surface area (Å²) in [6.45, 7) is 0.617. The third-order valence-corrected chi connectivity index (χ3v) is 2.44. The van der Waals surface area contributed by atoms with Crippen molar-refractivity contribution in [2.45, 2.75) is 6.18 Å². The van der Waals surface area contributed by atoms with Crippen molar-refractivity contribution in [3.05, 3.63) is 35.1 Å². The highest BCUT2D eigenvalue weighted by molar-refractivity contribution is 6.17. The lowest BCUT2D eigenvalue weighted by atomic mass is 10.1. The second kappa shape index (κ2) is 7.44. The van der Waals surface area contributed by atoms with Gasteiger partial charge in [0.2, 0.25) is 0 Å². The van der Waals surface area contributed by atoms with Gasteiger partial charge >= 0.3 is 6.18 Å². The number of carbonyl (C=O) groups is 1. The summed E-state index contributed by atoms with van der Waals surface area (Å²) in [5, 5.41) is 2.36. The largest absolute Gasteiger partial charge is 0.419 e. The van der Waals surface area contributed by atoms with Crippen LogP contribution in [0.4, 0.5) is 17.6 Å². The molecule has 0 aliphatic rings. The average molecular weight is 314 g/mol. The zero-order valence-electron chi connectivity index (χ0n) is 10.3. The first-order chi connectivity index (χ1) is 9.36. The molecule has 3 nitrogen and oxygen atoms in total. The fourth-order valence-corrected chi connectivity index (χ4v) is 1.49. The molecule has 0 fully saturated rings. The summed E-state index contributed by atoms with van der Waals surface area (Å²) in [6, 6.07) is 2.07. The summed E-state index contributed by atoms with van der Waals surface area (Å²) in [5.74, 6) is -1.84. The van der Waals surface area contributed by atoms with Crippen LogP contribution in [0.1, 0.15) is 15.9 Å². The second-order valence-corrected chi connectivity index (χ2v) is 4.13. The van der Waals surface area contributed by atoms with E-state index in [1.807, 2.05) is 0 Å². The highest BCUT2D eigenvalue weighted by atomic mass is 35.5. The summed E-state index contributed by atoms with van der Waals surface area (Å²) >= 11 is 5.36. The molecule has 0 aliphatic heterocycles. The maximum absolute atomic E-state index is 13.0. The van der Waals surface area contributed by atoms with Crippen molar-refractivity contribution in [3.8, 4) is 0 Å². The van der Waals surface area contributed by atoms with Gasteiger partial charge in [0.1, 0.15) is 5.82 Å². The number of halogens is 5. The molecule has 0 bridgehead atoms. The van der Waals surface area contributed by atoms with Crippen LogP contribution in [0.2, 0.25) is 0 Å². The van der Waals surface area contributed by atoms with Gasteiger partial charge in [0.25, 0.3) is 5.91 Å². The fraction of sp³-hybridized carbons (Fsp3) is 0.417. The molecule has 1 N–H and O–H groups in total. The van der Waals surface area contributed by atoms with Gasteiger partial charge in [-0.25, -0.2) is 4.39 Å². The third-order valence-electron chi connectivity index (χ3n) is 2.29. The van der Waals surface area contributed by atoms with Crippen LogP contribution in [-0.2, 0) is 10.9 Å². The Labute approximate surface area is 117 Å². The van der Waals surface area contributed by atoms with Crippen LogP contribution in [0.3, 0.4) is 0 Å². The molecule has 0 radical (unpaired) electrons. The van der Waals surface area contributed by atoms with Gasteiger partial charge in [-0.2, -0.15) is 13.2 Å². The number of ether oxygens (including phenoxy) is 1. The van der Waals surface area contributed by atoms with Gasteiger partial charge in [-0.05, 0) is 18.2 Å². The van der Waals surface area contributed by atoms with E-state index >= 15 is 0 Å². The van der Waals surface area contributed by atoms with Crippen molar-refractivity contribution in [3.63, 3.8) is 0 Å². The van der Waals surface area contributed by atoms with Crippen molar-refractivity contribution in [1.29, 1.82) is 0 Å². The Morgan fingerprint density at radius 2 is 2.00 bits per heavy atom. The Morgan fingerprint density at radius 1 is 1.30 bits per heavy atom. The van der Waals surface area contributed by atoms with Crippen LogP contribution in [0.25, 0.3) is 0 Å². The molecule has 0 saturated heterocycles. The molecule has 0 spiro atoms. The second-order valence-electron chi connectivity index (χ2n) is 3.75. The van der Waals surface area contributed by atoms with Crippen LogP contribution >= 0.6 is 11.6 Å². The Balaban J connectivity index is 2.65.